The first-order valence-electron chi connectivity index (χ1n) is 13.4. The highest BCUT2D eigenvalue weighted by Crippen LogP contribution is 2.56. The second-order valence-corrected chi connectivity index (χ2v) is 11.5. The minimum Gasteiger partial charge on any atom is -0.508 e. The lowest BCUT2D eigenvalue weighted by Gasteiger charge is -2.53. The molecule has 2 saturated carbocycles. The van der Waals surface area contributed by atoms with Gasteiger partial charge in [0, 0.05) is 17.5 Å². The summed E-state index contributed by atoms with van der Waals surface area (Å²) in [6.07, 6.45) is 1.18. The summed E-state index contributed by atoms with van der Waals surface area (Å²) in [4.78, 5) is 53.0. The molecule has 4 aliphatic carbocycles. The van der Waals surface area contributed by atoms with Crippen LogP contribution in [0.4, 0.5) is 5.69 Å². The quantitative estimate of drug-likeness (QED) is 0.162. The normalized spacial score (nSPS) is 31.3. The molecule has 0 unspecified atom stereocenters. The fourth-order valence-electron chi connectivity index (χ4n) is 6.77. The molecule has 1 aromatic carbocycles. The predicted octanol–water partition coefficient (Wildman–Crippen LogP) is -0.424. The molecule has 4 aliphatic rings. The van der Waals surface area contributed by atoms with Crippen LogP contribution in [0.15, 0.2) is 29.0 Å². The number of hydrogen-bond donors (Lipinski definition) is 8. The van der Waals surface area contributed by atoms with E-state index in [1.165, 1.54) is 25.1 Å². The Bertz CT molecular complexity index is 1430. The maximum absolute atomic E-state index is 14.0. The van der Waals surface area contributed by atoms with E-state index in [9.17, 15) is 44.7 Å². The molecule has 0 radical (unpaired) electrons. The van der Waals surface area contributed by atoms with Crippen LogP contribution >= 0.6 is 0 Å². The molecule has 2 amide bonds. The summed E-state index contributed by atoms with van der Waals surface area (Å²) in [5, 5.41) is 62.6. The molecule has 0 aliphatic heterocycles. The van der Waals surface area contributed by atoms with Crippen molar-refractivity contribution >= 4 is 34.8 Å². The number of rotatable bonds is 6. The van der Waals surface area contributed by atoms with Crippen LogP contribution in [-0.2, 0) is 19.2 Å². The Kier molecular flexibility index (Phi) is 6.87. The zero-order valence-electron chi connectivity index (χ0n) is 22.8. The predicted molar refractivity (Wildman–Crippen MR) is 145 cm³/mol. The third-order valence-corrected chi connectivity index (χ3v) is 9.04. The SMILES string of the molecule is C[C@@H]1c2ccc(NCC(=O)NC3CCC3)c(O)c2C(O)=C2C(=O)[C@@]3(O)C(O)=C(C(N)=O)C(=O)[C@@H](N(C)C)[C@H]3[C@H](O)[C@H]21. The van der Waals surface area contributed by atoms with Crippen LogP contribution in [0.25, 0.3) is 5.76 Å². The van der Waals surface area contributed by atoms with Gasteiger partial charge in [0.2, 0.25) is 11.7 Å². The van der Waals surface area contributed by atoms with Crippen LogP contribution in [0.5, 0.6) is 5.75 Å². The van der Waals surface area contributed by atoms with Crippen LogP contribution in [0, 0.1) is 11.8 Å². The van der Waals surface area contributed by atoms with E-state index in [1.807, 2.05) is 0 Å². The van der Waals surface area contributed by atoms with Gasteiger partial charge in [0.1, 0.15) is 22.8 Å². The Hall–Kier alpha value is -3.94. The summed E-state index contributed by atoms with van der Waals surface area (Å²) in [5.74, 6) is -9.83. The number of carbonyl (C=O) groups excluding carboxylic acids is 4. The van der Waals surface area contributed by atoms with E-state index >= 15 is 0 Å². The van der Waals surface area contributed by atoms with Crippen LogP contribution in [0.3, 0.4) is 0 Å². The molecule has 1 aromatic rings. The number of nitrogens with two attached hydrogens (primary N) is 1. The van der Waals surface area contributed by atoms with Gasteiger partial charge in [-0.3, -0.25) is 24.1 Å². The summed E-state index contributed by atoms with van der Waals surface area (Å²) in [7, 11) is 2.89. The number of likely N-dealkylation sites (N-methyl/N-ethyl adjacent to an activating group) is 1. The minimum atomic E-state index is -2.98. The average molecular weight is 571 g/mol. The zero-order chi connectivity index (χ0) is 30.1. The van der Waals surface area contributed by atoms with Gasteiger partial charge in [-0.2, -0.15) is 0 Å². The first-order valence-corrected chi connectivity index (χ1v) is 13.4. The number of nitrogens with one attached hydrogen (secondary N) is 2. The minimum absolute atomic E-state index is 0.0976. The van der Waals surface area contributed by atoms with E-state index < -0.39 is 81.4 Å². The van der Waals surface area contributed by atoms with Crippen molar-refractivity contribution in [3.63, 3.8) is 0 Å². The number of phenols is 1. The zero-order valence-corrected chi connectivity index (χ0v) is 22.8. The number of aromatic hydroxyl groups is 1. The molecule has 41 heavy (non-hydrogen) atoms. The number of fused-ring (bicyclic) bond motifs is 3. The number of amides is 2. The maximum atomic E-state index is 14.0. The largest absolute Gasteiger partial charge is 0.508 e. The van der Waals surface area contributed by atoms with Crippen molar-refractivity contribution in [2.75, 3.05) is 26.0 Å². The Morgan fingerprint density at radius 2 is 1.80 bits per heavy atom. The van der Waals surface area contributed by atoms with Gasteiger partial charge in [-0.15, -0.1) is 0 Å². The van der Waals surface area contributed by atoms with Crippen LogP contribution in [0.2, 0.25) is 0 Å². The van der Waals surface area contributed by atoms with Crippen molar-refractivity contribution in [3.05, 3.63) is 40.2 Å². The summed E-state index contributed by atoms with van der Waals surface area (Å²) in [5.41, 5.74) is 1.22. The van der Waals surface area contributed by atoms with E-state index in [4.69, 9.17) is 5.73 Å². The molecule has 0 spiro atoms. The Morgan fingerprint density at radius 1 is 1.15 bits per heavy atom. The Balaban J connectivity index is 1.61. The number of phenolic OH excluding ortho intramolecular Hbond substituents is 1. The standard InChI is InChI=1S/C28H34N4O9/c1-10-12-7-8-13(30-9-14(33)31-11-5-4-6-11)21(34)16(12)22(35)17-15(10)23(36)19-20(32(2)3)24(37)18(27(29)40)26(39)28(19,41)25(17)38/h7-8,10-11,15,19-20,23,30,34-36,39,41H,4-6,9H2,1-3H3,(H2,29,40)(H,31,33)/t10-,15+,19+,20+,23-,28-/m1/s1. The maximum Gasteiger partial charge on any atom is 0.255 e. The molecule has 13 nitrogen and oxygen atoms in total. The molecular formula is C28H34N4O9. The van der Waals surface area contributed by atoms with Gasteiger partial charge in [-0.25, -0.2) is 0 Å². The lowest BCUT2D eigenvalue weighted by Crippen LogP contribution is -2.70. The van der Waals surface area contributed by atoms with Crippen LogP contribution in [-0.4, -0.2) is 98.2 Å². The van der Waals surface area contributed by atoms with Crippen molar-refractivity contribution < 1.29 is 44.7 Å². The number of hydrogen-bond acceptors (Lipinski definition) is 11. The highest BCUT2D eigenvalue weighted by Gasteiger charge is 2.68. The number of primary amides is 1. The number of benzene rings is 1. The topological polar surface area (TPSA) is 223 Å². The Morgan fingerprint density at radius 3 is 2.37 bits per heavy atom. The molecule has 220 valence electrons. The fraction of sp³-hybridized carbons (Fsp3) is 0.500. The third-order valence-electron chi connectivity index (χ3n) is 9.04. The van der Waals surface area contributed by atoms with E-state index in [2.05, 4.69) is 10.6 Å². The first kappa shape index (κ1) is 28.6. The first-order chi connectivity index (χ1) is 19.2. The fourth-order valence-corrected chi connectivity index (χ4v) is 6.77. The van der Waals surface area contributed by atoms with Crippen molar-refractivity contribution in [2.24, 2.45) is 17.6 Å². The molecule has 0 aromatic heterocycles. The lowest BCUT2D eigenvalue weighted by atomic mass is 9.54. The average Bonchev–Trinajstić information content (AvgIpc) is 2.87. The van der Waals surface area contributed by atoms with E-state index in [0.29, 0.717) is 5.56 Å². The van der Waals surface area contributed by atoms with Gasteiger partial charge in [0.05, 0.1) is 35.9 Å². The molecule has 5 rings (SSSR count). The molecule has 0 bridgehead atoms. The molecule has 2 fully saturated rings. The number of Topliss-reactive ketones (excluding diaryl/α,β-unsaturated/α-hetero) is 2. The number of carbonyl (C=O) groups is 4. The van der Waals surface area contributed by atoms with E-state index in [0.717, 1.165) is 19.3 Å². The summed E-state index contributed by atoms with van der Waals surface area (Å²) in [6, 6.07) is 1.79. The summed E-state index contributed by atoms with van der Waals surface area (Å²) in [6.45, 7) is 1.49. The highest BCUT2D eigenvalue weighted by molar-refractivity contribution is 6.24. The van der Waals surface area contributed by atoms with Gasteiger partial charge in [0.25, 0.3) is 5.91 Å². The molecular weight excluding hydrogens is 536 g/mol. The molecule has 0 heterocycles. The number of nitrogens with zero attached hydrogens (tertiary/aromatic N) is 1. The van der Waals surface area contributed by atoms with Gasteiger partial charge in [0.15, 0.2) is 11.4 Å². The second-order valence-electron chi connectivity index (χ2n) is 11.5. The smallest absolute Gasteiger partial charge is 0.255 e. The lowest BCUT2D eigenvalue weighted by molar-refractivity contribution is -0.169. The van der Waals surface area contributed by atoms with Crippen molar-refractivity contribution in [1.29, 1.82) is 0 Å². The van der Waals surface area contributed by atoms with Crippen molar-refractivity contribution in [2.45, 2.75) is 55.9 Å². The molecule has 0 saturated heterocycles. The van der Waals surface area contributed by atoms with Gasteiger partial charge >= 0.3 is 0 Å². The number of ketones is 2. The van der Waals surface area contributed by atoms with Crippen LogP contribution < -0.4 is 16.4 Å². The van der Waals surface area contributed by atoms with Crippen molar-refractivity contribution in [3.8, 4) is 5.75 Å². The summed E-state index contributed by atoms with van der Waals surface area (Å²) >= 11 is 0. The number of aliphatic hydroxyl groups is 4. The van der Waals surface area contributed by atoms with Gasteiger partial charge < -0.3 is 41.9 Å². The molecule has 13 heteroatoms. The van der Waals surface area contributed by atoms with E-state index in [1.54, 1.807) is 13.0 Å². The number of anilines is 1. The molecule has 9 N–H and O–H groups in total. The second kappa shape index (κ2) is 9.86. The third kappa shape index (κ3) is 4.02. The van der Waals surface area contributed by atoms with Gasteiger partial charge in [-0.1, -0.05) is 13.0 Å². The monoisotopic (exact) mass is 570 g/mol. The Labute approximate surface area is 235 Å². The van der Waals surface area contributed by atoms with Crippen molar-refractivity contribution in [1.82, 2.24) is 10.2 Å². The molecule has 6 atom stereocenters. The van der Waals surface area contributed by atoms with Gasteiger partial charge in [-0.05, 0) is 50.9 Å². The summed E-state index contributed by atoms with van der Waals surface area (Å²) < 4.78 is 0. The number of aliphatic hydroxyl groups excluding tert-OH is 3. The van der Waals surface area contributed by atoms with E-state index in [-0.39, 0.29) is 29.7 Å². The van der Waals surface area contributed by atoms with Crippen LogP contribution in [0.1, 0.15) is 43.2 Å². The highest BCUT2D eigenvalue weighted by atomic mass is 16.4.